The average Bonchev–Trinajstić information content (AvgIpc) is 2.03. The Morgan fingerprint density at radius 3 is 2.62 bits per heavy atom. The minimum Gasteiger partial charge on any atom is -0.398 e. The molecular formula is C8H10ClN3O. The number of rotatable bonds is 1. The fraction of sp³-hybridized carbons (Fsp3) is 0.125. The molecule has 0 unspecified atom stereocenters. The van der Waals surface area contributed by atoms with Gasteiger partial charge < -0.3 is 5.73 Å². The first-order valence-corrected chi connectivity index (χ1v) is 3.98. The molecule has 0 aromatic heterocycles. The van der Waals surface area contributed by atoms with Gasteiger partial charge in [0.15, 0.2) is 0 Å². The molecule has 5 heteroatoms. The largest absolute Gasteiger partial charge is 0.398 e. The van der Waals surface area contributed by atoms with E-state index in [4.69, 9.17) is 23.2 Å². The highest BCUT2D eigenvalue weighted by Gasteiger charge is 2.11. The molecule has 1 aromatic rings. The molecule has 1 aromatic carbocycles. The number of carbonyl (C=O) groups is 1. The Morgan fingerprint density at radius 2 is 2.15 bits per heavy atom. The maximum atomic E-state index is 11.4. The lowest BCUT2D eigenvalue weighted by molar-refractivity contribution is 0.0796. The molecule has 0 fully saturated rings. The van der Waals surface area contributed by atoms with Crippen molar-refractivity contribution in [1.29, 1.82) is 0 Å². The van der Waals surface area contributed by atoms with Gasteiger partial charge in [-0.05, 0) is 18.2 Å². The first-order chi connectivity index (χ1) is 6.02. The number of hydrogen-bond acceptors (Lipinski definition) is 3. The smallest absolute Gasteiger partial charge is 0.269 e. The van der Waals surface area contributed by atoms with E-state index in [9.17, 15) is 4.79 Å². The summed E-state index contributed by atoms with van der Waals surface area (Å²) < 4.78 is 0. The van der Waals surface area contributed by atoms with Crippen LogP contribution in [0.5, 0.6) is 0 Å². The van der Waals surface area contributed by atoms with Crippen LogP contribution in [0.2, 0.25) is 5.02 Å². The van der Waals surface area contributed by atoms with Gasteiger partial charge in [-0.25, -0.2) is 5.84 Å². The van der Waals surface area contributed by atoms with Crippen molar-refractivity contribution in [2.75, 3.05) is 12.8 Å². The normalized spacial score (nSPS) is 9.77. The first kappa shape index (κ1) is 9.83. The van der Waals surface area contributed by atoms with E-state index in [1.165, 1.54) is 13.1 Å². The summed E-state index contributed by atoms with van der Waals surface area (Å²) in [6.45, 7) is 0. The predicted molar refractivity (Wildman–Crippen MR) is 52.1 cm³/mol. The summed E-state index contributed by atoms with van der Waals surface area (Å²) in [4.78, 5) is 11.4. The number of carbonyl (C=O) groups excluding carboxylic acids is 1. The Bertz CT molecular complexity index is 338. The summed E-state index contributed by atoms with van der Waals surface area (Å²) in [5.41, 5.74) is 6.26. The van der Waals surface area contributed by atoms with Gasteiger partial charge in [-0.3, -0.25) is 9.80 Å². The quantitative estimate of drug-likeness (QED) is 0.305. The average molecular weight is 200 g/mol. The third-order valence-electron chi connectivity index (χ3n) is 1.56. The Kier molecular flexibility index (Phi) is 2.75. The SMILES string of the molecule is CN(N)C(=O)c1ccc(Cl)cc1N. The molecule has 0 aliphatic carbocycles. The van der Waals surface area contributed by atoms with Crippen LogP contribution >= 0.6 is 11.6 Å². The summed E-state index contributed by atoms with van der Waals surface area (Å²) in [6, 6.07) is 4.65. The van der Waals surface area contributed by atoms with Crippen LogP contribution in [-0.2, 0) is 0 Å². The van der Waals surface area contributed by atoms with Crippen molar-refractivity contribution in [3.63, 3.8) is 0 Å². The van der Waals surface area contributed by atoms with E-state index < -0.39 is 0 Å². The van der Waals surface area contributed by atoms with Crippen LogP contribution in [0.15, 0.2) is 18.2 Å². The van der Waals surface area contributed by atoms with Crippen molar-refractivity contribution < 1.29 is 4.79 Å². The van der Waals surface area contributed by atoms with Gasteiger partial charge in [0.05, 0.1) is 5.56 Å². The molecule has 0 radical (unpaired) electrons. The Morgan fingerprint density at radius 1 is 1.54 bits per heavy atom. The molecule has 0 saturated heterocycles. The molecule has 0 bridgehead atoms. The van der Waals surface area contributed by atoms with Crippen LogP contribution in [0.3, 0.4) is 0 Å². The van der Waals surface area contributed by atoms with Crippen molar-refractivity contribution in [3.05, 3.63) is 28.8 Å². The zero-order valence-electron chi connectivity index (χ0n) is 7.12. The lowest BCUT2D eigenvalue weighted by Gasteiger charge is -2.11. The summed E-state index contributed by atoms with van der Waals surface area (Å²) in [5, 5.41) is 1.47. The number of benzene rings is 1. The minimum atomic E-state index is -0.339. The van der Waals surface area contributed by atoms with Crippen LogP contribution in [-0.4, -0.2) is 18.0 Å². The monoisotopic (exact) mass is 199 g/mol. The molecule has 4 nitrogen and oxygen atoms in total. The molecule has 0 aliphatic rings. The van der Waals surface area contributed by atoms with Gasteiger partial charge in [-0.2, -0.15) is 0 Å². The number of nitrogens with two attached hydrogens (primary N) is 2. The standard InChI is InChI=1S/C8H10ClN3O/c1-12(11)8(13)6-3-2-5(9)4-7(6)10/h2-4H,10-11H2,1H3. The number of halogens is 1. The number of nitrogens with zero attached hydrogens (tertiary/aromatic N) is 1. The van der Waals surface area contributed by atoms with E-state index >= 15 is 0 Å². The van der Waals surface area contributed by atoms with Crippen molar-refractivity contribution in [2.24, 2.45) is 5.84 Å². The van der Waals surface area contributed by atoms with E-state index in [1.54, 1.807) is 12.1 Å². The number of nitrogen functional groups attached to an aromatic ring is 1. The second kappa shape index (κ2) is 3.64. The van der Waals surface area contributed by atoms with Crippen molar-refractivity contribution in [2.45, 2.75) is 0 Å². The van der Waals surface area contributed by atoms with E-state index in [-0.39, 0.29) is 5.91 Å². The molecule has 4 N–H and O–H groups in total. The molecule has 1 rings (SSSR count). The number of hydrazine groups is 1. The third kappa shape index (κ3) is 2.11. The topological polar surface area (TPSA) is 72.3 Å². The Labute approximate surface area is 81.0 Å². The molecule has 0 spiro atoms. The summed E-state index contributed by atoms with van der Waals surface area (Å²) in [7, 11) is 1.45. The van der Waals surface area contributed by atoms with Crippen molar-refractivity contribution in [1.82, 2.24) is 5.01 Å². The van der Waals surface area contributed by atoms with Gasteiger partial charge in [-0.15, -0.1) is 0 Å². The van der Waals surface area contributed by atoms with Crippen LogP contribution in [0.4, 0.5) is 5.69 Å². The van der Waals surface area contributed by atoms with Gasteiger partial charge in [-0.1, -0.05) is 11.6 Å². The summed E-state index contributed by atoms with van der Waals surface area (Å²) in [5.74, 6) is 4.93. The molecule has 1 amide bonds. The Hall–Kier alpha value is -1.26. The number of amides is 1. The van der Waals surface area contributed by atoms with Crippen molar-refractivity contribution >= 4 is 23.2 Å². The van der Waals surface area contributed by atoms with E-state index in [2.05, 4.69) is 0 Å². The molecular weight excluding hydrogens is 190 g/mol. The molecule has 0 heterocycles. The summed E-state index contributed by atoms with van der Waals surface area (Å²) in [6.07, 6.45) is 0. The number of hydrogen-bond donors (Lipinski definition) is 2. The second-order valence-electron chi connectivity index (χ2n) is 2.65. The lowest BCUT2D eigenvalue weighted by Crippen LogP contribution is -2.33. The second-order valence-corrected chi connectivity index (χ2v) is 3.08. The first-order valence-electron chi connectivity index (χ1n) is 3.60. The van der Waals surface area contributed by atoms with E-state index in [0.29, 0.717) is 16.3 Å². The van der Waals surface area contributed by atoms with E-state index in [0.717, 1.165) is 5.01 Å². The van der Waals surface area contributed by atoms with Crippen LogP contribution in [0, 0.1) is 0 Å². The van der Waals surface area contributed by atoms with Crippen LogP contribution < -0.4 is 11.6 Å². The number of anilines is 1. The molecule has 0 atom stereocenters. The van der Waals surface area contributed by atoms with Crippen LogP contribution in [0.1, 0.15) is 10.4 Å². The zero-order valence-corrected chi connectivity index (χ0v) is 7.88. The van der Waals surface area contributed by atoms with Gasteiger partial charge in [0.1, 0.15) is 0 Å². The molecule has 0 saturated carbocycles. The third-order valence-corrected chi connectivity index (χ3v) is 1.80. The highest BCUT2D eigenvalue weighted by Crippen LogP contribution is 2.18. The molecule has 0 aliphatic heterocycles. The molecule has 13 heavy (non-hydrogen) atoms. The van der Waals surface area contributed by atoms with Gasteiger partial charge in [0.2, 0.25) is 0 Å². The fourth-order valence-electron chi connectivity index (χ4n) is 0.918. The summed E-state index contributed by atoms with van der Waals surface area (Å²) >= 11 is 5.67. The highest BCUT2D eigenvalue weighted by atomic mass is 35.5. The lowest BCUT2D eigenvalue weighted by atomic mass is 10.1. The van der Waals surface area contributed by atoms with Crippen molar-refractivity contribution in [3.8, 4) is 0 Å². The van der Waals surface area contributed by atoms with E-state index in [1.807, 2.05) is 0 Å². The van der Waals surface area contributed by atoms with Crippen LogP contribution in [0.25, 0.3) is 0 Å². The van der Waals surface area contributed by atoms with Gasteiger partial charge in [0, 0.05) is 17.8 Å². The van der Waals surface area contributed by atoms with Gasteiger partial charge in [0.25, 0.3) is 5.91 Å². The molecule has 70 valence electrons. The maximum Gasteiger partial charge on any atom is 0.269 e. The minimum absolute atomic E-state index is 0.329. The predicted octanol–water partition coefficient (Wildman–Crippen LogP) is 0.868. The van der Waals surface area contributed by atoms with Gasteiger partial charge >= 0.3 is 0 Å². The maximum absolute atomic E-state index is 11.4. The fourth-order valence-corrected chi connectivity index (χ4v) is 1.10. The Balaban J connectivity index is 3.09. The highest BCUT2D eigenvalue weighted by molar-refractivity contribution is 6.31. The zero-order chi connectivity index (χ0) is 10.0.